The average molecular weight is 335 g/mol. The molecule has 0 bridgehead atoms. The van der Waals surface area contributed by atoms with E-state index >= 15 is 0 Å². The summed E-state index contributed by atoms with van der Waals surface area (Å²) in [6, 6.07) is 26.5. The molecular weight excluding hydrogens is 320 g/mol. The highest BCUT2D eigenvalue weighted by atomic mass is 35.5. The highest BCUT2D eigenvalue weighted by Gasteiger charge is 2.02. The van der Waals surface area contributed by atoms with Crippen molar-refractivity contribution in [3.8, 4) is 0 Å². The topological polar surface area (TPSA) is 49.1 Å². The Labute approximate surface area is 145 Å². The van der Waals surface area contributed by atoms with Crippen LogP contribution in [0.5, 0.6) is 0 Å². The molecule has 118 valence electrons. The fourth-order valence-electron chi connectivity index (χ4n) is 1.97. The van der Waals surface area contributed by atoms with Gasteiger partial charge in [0.05, 0.1) is 11.4 Å². The lowest BCUT2D eigenvalue weighted by Crippen LogP contribution is -2.00. The molecule has 0 radical (unpaired) electrons. The van der Waals surface area contributed by atoms with Crippen molar-refractivity contribution in [2.75, 3.05) is 5.43 Å². The van der Waals surface area contributed by atoms with Gasteiger partial charge in [-0.25, -0.2) is 0 Å². The number of hydrazone groups is 1. The first-order valence-corrected chi connectivity index (χ1v) is 7.80. The summed E-state index contributed by atoms with van der Waals surface area (Å²) >= 11 is 5.89. The minimum atomic E-state index is 0.495. The van der Waals surface area contributed by atoms with Crippen molar-refractivity contribution in [1.82, 2.24) is 0 Å². The van der Waals surface area contributed by atoms with Crippen LogP contribution in [0.15, 0.2) is 100 Å². The molecule has 0 aliphatic rings. The number of nitrogens with zero attached hydrogens (tertiary/aromatic N) is 3. The zero-order valence-electron chi connectivity index (χ0n) is 12.8. The molecule has 0 fully saturated rings. The molecule has 0 aliphatic carbocycles. The first kappa shape index (κ1) is 15.9. The van der Waals surface area contributed by atoms with Crippen molar-refractivity contribution in [3.63, 3.8) is 0 Å². The highest BCUT2D eigenvalue weighted by molar-refractivity contribution is 6.30. The average Bonchev–Trinajstić information content (AvgIpc) is 2.65. The molecule has 0 saturated carbocycles. The maximum Gasteiger partial charge on any atom is 0.201 e. The Morgan fingerprint density at radius 3 is 2.04 bits per heavy atom. The zero-order chi connectivity index (χ0) is 16.6. The second kappa shape index (κ2) is 8.04. The molecule has 0 aliphatic heterocycles. The first-order chi connectivity index (χ1) is 11.8. The van der Waals surface area contributed by atoms with E-state index in [0.29, 0.717) is 10.9 Å². The van der Waals surface area contributed by atoms with E-state index in [4.69, 9.17) is 11.6 Å². The lowest BCUT2D eigenvalue weighted by Gasteiger charge is -2.03. The van der Waals surface area contributed by atoms with Crippen LogP contribution in [0.4, 0.5) is 11.4 Å². The van der Waals surface area contributed by atoms with Crippen molar-refractivity contribution in [1.29, 1.82) is 0 Å². The number of nitrogens with one attached hydrogen (secondary N) is 1. The molecule has 3 aromatic rings. The van der Waals surface area contributed by atoms with Gasteiger partial charge in [-0.1, -0.05) is 60.1 Å². The van der Waals surface area contributed by atoms with Crippen LogP contribution in [-0.2, 0) is 0 Å². The van der Waals surface area contributed by atoms with Gasteiger partial charge in [0.15, 0.2) is 0 Å². The number of azo groups is 1. The summed E-state index contributed by atoms with van der Waals surface area (Å²) in [6.07, 6.45) is 0. The van der Waals surface area contributed by atoms with Gasteiger partial charge in [0, 0.05) is 10.6 Å². The molecule has 4 nitrogen and oxygen atoms in total. The zero-order valence-corrected chi connectivity index (χ0v) is 13.6. The van der Waals surface area contributed by atoms with Crippen LogP contribution < -0.4 is 5.43 Å². The highest BCUT2D eigenvalue weighted by Crippen LogP contribution is 2.15. The number of amidine groups is 1. The van der Waals surface area contributed by atoms with E-state index in [1.807, 2.05) is 72.8 Å². The maximum absolute atomic E-state index is 5.89. The van der Waals surface area contributed by atoms with Gasteiger partial charge in [-0.05, 0) is 36.4 Å². The summed E-state index contributed by atoms with van der Waals surface area (Å²) in [5, 5.41) is 13.6. The largest absolute Gasteiger partial charge is 0.276 e. The molecule has 0 spiro atoms. The smallest absolute Gasteiger partial charge is 0.201 e. The molecule has 1 N–H and O–H groups in total. The van der Waals surface area contributed by atoms with E-state index in [2.05, 4.69) is 20.8 Å². The van der Waals surface area contributed by atoms with Gasteiger partial charge in [-0.3, -0.25) is 5.43 Å². The van der Waals surface area contributed by atoms with Gasteiger partial charge < -0.3 is 0 Å². The lowest BCUT2D eigenvalue weighted by atomic mass is 10.2. The monoisotopic (exact) mass is 334 g/mol. The second-order valence-electron chi connectivity index (χ2n) is 4.96. The summed E-state index contributed by atoms with van der Waals surface area (Å²) in [5.41, 5.74) is 5.45. The van der Waals surface area contributed by atoms with Crippen LogP contribution in [0.2, 0.25) is 5.02 Å². The summed E-state index contributed by atoms with van der Waals surface area (Å²) in [6.45, 7) is 0. The molecule has 0 saturated heterocycles. The van der Waals surface area contributed by atoms with Crippen LogP contribution in [0.25, 0.3) is 0 Å². The maximum atomic E-state index is 5.89. The molecule has 0 unspecified atom stereocenters. The van der Waals surface area contributed by atoms with E-state index in [0.717, 1.165) is 16.9 Å². The Balaban J connectivity index is 1.86. The van der Waals surface area contributed by atoms with Crippen LogP contribution >= 0.6 is 11.6 Å². The molecule has 0 heterocycles. The van der Waals surface area contributed by atoms with Crippen molar-refractivity contribution in [2.45, 2.75) is 0 Å². The normalized spacial score (nSPS) is 11.6. The molecule has 0 amide bonds. The van der Waals surface area contributed by atoms with Crippen molar-refractivity contribution >= 4 is 28.8 Å². The third-order valence-electron chi connectivity index (χ3n) is 3.18. The summed E-state index contributed by atoms with van der Waals surface area (Å²) in [4.78, 5) is 0. The predicted molar refractivity (Wildman–Crippen MR) is 99.0 cm³/mol. The molecule has 0 atom stereocenters. The van der Waals surface area contributed by atoms with Crippen LogP contribution in [0.3, 0.4) is 0 Å². The third kappa shape index (κ3) is 4.51. The Morgan fingerprint density at radius 2 is 1.38 bits per heavy atom. The molecule has 3 aromatic carbocycles. The standard InChI is InChI=1S/C19H15ClN4/c20-16-11-13-18(14-12-16)22-24-19(15-7-3-1-4-8-15)23-21-17-9-5-2-6-10-17/h1-14,22H/b23-21+,24-19+. The Morgan fingerprint density at radius 1 is 0.750 bits per heavy atom. The van der Waals surface area contributed by atoms with Gasteiger partial charge in [-0.15, -0.1) is 10.2 Å². The molecule has 0 aromatic heterocycles. The van der Waals surface area contributed by atoms with Gasteiger partial charge in [0.1, 0.15) is 0 Å². The number of rotatable bonds is 4. The van der Waals surface area contributed by atoms with E-state index < -0.39 is 0 Å². The van der Waals surface area contributed by atoms with Crippen molar-refractivity contribution in [2.24, 2.45) is 15.3 Å². The summed E-state index contributed by atoms with van der Waals surface area (Å²) < 4.78 is 0. The quantitative estimate of drug-likeness (QED) is 0.274. The number of hydrogen-bond acceptors (Lipinski definition) is 3. The second-order valence-corrected chi connectivity index (χ2v) is 5.39. The lowest BCUT2D eigenvalue weighted by molar-refractivity contribution is 1.22. The third-order valence-corrected chi connectivity index (χ3v) is 3.44. The predicted octanol–water partition coefficient (Wildman–Crippen LogP) is 5.90. The minimum Gasteiger partial charge on any atom is -0.276 e. The van der Waals surface area contributed by atoms with Crippen LogP contribution in [-0.4, -0.2) is 5.84 Å². The van der Waals surface area contributed by atoms with Gasteiger partial charge in [0.25, 0.3) is 0 Å². The van der Waals surface area contributed by atoms with Gasteiger partial charge in [-0.2, -0.15) is 5.10 Å². The fourth-order valence-corrected chi connectivity index (χ4v) is 2.10. The Bertz CT molecular complexity index is 828. The van der Waals surface area contributed by atoms with Crippen LogP contribution in [0, 0.1) is 0 Å². The molecule has 24 heavy (non-hydrogen) atoms. The van der Waals surface area contributed by atoms with Gasteiger partial charge >= 0.3 is 0 Å². The number of benzene rings is 3. The molecular formula is C19H15ClN4. The van der Waals surface area contributed by atoms with E-state index in [1.54, 1.807) is 12.1 Å². The minimum absolute atomic E-state index is 0.495. The van der Waals surface area contributed by atoms with Crippen molar-refractivity contribution < 1.29 is 0 Å². The van der Waals surface area contributed by atoms with E-state index in [-0.39, 0.29) is 0 Å². The number of hydrogen-bond donors (Lipinski definition) is 1. The Kier molecular flexibility index (Phi) is 5.32. The number of anilines is 1. The van der Waals surface area contributed by atoms with E-state index in [9.17, 15) is 0 Å². The summed E-state index contributed by atoms with van der Waals surface area (Å²) in [5.74, 6) is 0.495. The van der Waals surface area contributed by atoms with Crippen LogP contribution in [0.1, 0.15) is 5.56 Å². The number of halogens is 1. The summed E-state index contributed by atoms with van der Waals surface area (Å²) in [7, 11) is 0. The molecule has 5 heteroatoms. The fraction of sp³-hybridized carbons (Fsp3) is 0. The van der Waals surface area contributed by atoms with Crippen molar-refractivity contribution in [3.05, 3.63) is 95.5 Å². The van der Waals surface area contributed by atoms with E-state index in [1.165, 1.54) is 0 Å². The van der Waals surface area contributed by atoms with Gasteiger partial charge in [0.2, 0.25) is 5.84 Å². The first-order valence-electron chi connectivity index (χ1n) is 7.43. The Hall–Kier alpha value is -2.98. The SMILES string of the molecule is Clc1ccc(N/N=C(/N=N/c2ccccc2)c2ccccc2)cc1. The molecule has 3 rings (SSSR count).